The summed E-state index contributed by atoms with van der Waals surface area (Å²) in [5.74, 6) is -0.154. The van der Waals surface area contributed by atoms with Gasteiger partial charge in [-0.2, -0.15) is 5.10 Å². The Labute approximate surface area is 151 Å². The number of hydrogen-bond donors (Lipinski definition) is 1. The molecule has 2 aromatic heterocycles. The molecule has 7 nitrogen and oxygen atoms in total. The number of thiazole rings is 1. The summed E-state index contributed by atoms with van der Waals surface area (Å²) in [5, 5.41) is 5.45. The zero-order chi connectivity index (χ0) is 17.6. The van der Waals surface area contributed by atoms with Crippen LogP contribution in [-0.4, -0.2) is 57.3 Å². The van der Waals surface area contributed by atoms with E-state index in [-0.39, 0.29) is 5.91 Å². The Balaban J connectivity index is 1.54. The first-order valence-corrected chi connectivity index (χ1v) is 9.93. The fourth-order valence-corrected chi connectivity index (χ4v) is 5.40. The van der Waals surface area contributed by atoms with Gasteiger partial charge in [-0.3, -0.25) is 9.69 Å². The molecule has 2 aliphatic rings. The van der Waals surface area contributed by atoms with Gasteiger partial charge in [-0.15, -0.1) is 0 Å². The molecule has 0 unspecified atom stereocenters. The molecule has 136 valence electrons. The van der Waals surface area contributed by atoms with E-state index in [1.54, 1.807) is 11.3 Å². The quantitative estimate of drug-likeness (QED) is 0.898. The standard InChI is InChI=1S/C17H26N6OS/c1-12-13-14(21(2)20-12)19-16(25-13)22-10-6-17(7-11-22,15(18)24)23-8-4-3-5-9-23/h3-11H2,1-2H3,(H2,18,24). The van der Waals surface area contributed by atoms with Crippen molar-refractivity contribution in [3.05, 3.63) is 5.69 Å². The van der Waals surface area contributed by atoms with Gasteiger partial charge in [-0.05, 0) is 45.7 Å². The summed E-state index contributed by atoms with van der Waals surface area (Å²) in [6, 6.07) is 0. The summed E-state index contributed by atoms with van der Waals surface area (Å²) in [5.41, 5.74) is 7.38. The maximum atomic E-state index is 12.3. The van der Waals surface area contributed by atoms with Crippen LogP contribution >= 0.6 is 11.3 Å². The lowest BCUT2D eigenvalue weighted by Crippen LogP contribution is -2.63. The summed E-state index contributed by atoms with van der Waals surface area (Å²) in [7, 11) is 1.93. The van der Waals surface area contributed by atoms with Crippen LogP contribution in [-0.2, 0) is 11.8 Å². The minimum Gasteiger partial charge on any atom is -0.368 e. The second-order valence-electron chi connectivity index (χ2n) is 7.29. The molecule has 0 saturated carbocycles. The van der Waals surface area contributed by atoms with Gasteiger partial charge in [0.2, 0.25) is 5.91 Å². The molecule has 0 spiro atoms. The highest BCUT2D eigenvalue weighted by Crippen LogP contribution is 2.36. The van der Waals surface area contributed by atoms with Crippen LogP contribution in [0.15, 0.2) is 0 Å². The lowest BCUT2D eigenvalue weighted by molar-refractivity contribution is -0.132. The summed E-state index contributed by atoms with van der Waals surface area (Å²) < 4.78 is 3.00. The molecule has 2 aliphatic heterocycles. The fourth-order valence-electron chi connectivity index (χ4n) is 4.32. The SMILES string of the molecule is Cc1nn(C)c2nc(N3CCC(C(N)=O)(N4CCCCC4)CC3)sc12. The number of nitrogens with two attached hydrogens (primary N) is 1. The molecule has 2 N–H and O–H groups in total. The number of nitrogens with zero attached hydrogens (tertiary/aromatic N) is 5. The van der Waals surface area contributed by atoms with Crippen molar-refractivity contribution in [1.82, 2.24) is 19.7 Å². The first kappa shape index (κ1) is 16.8. The molecule has 8 heteroatoms. The van der Waals surface area contributed by atoms with Crippen LogP contribution in [0.5, 0.6) is 0 Å². The van der Waals surface area contributed by atoms with Crippen LogP contribution in [0.2, 0.25) is 0 Å². The first-order valence-electron chi connectivity index (χ1n) is 9.11. The Kier molecular flexibility index (Phi) is 4.19. The lowest BCUT2D eigenvalue weighted by Gasteiger charge is -2.48. The van der Waals surface area contributed by atoms with E-state index in [1.165, 1.54) is 19.3 Å². The summed E-state index contributed by atoms with van der Waals surface area (Å²) in [4.78, 5) is 21.8. The van der Waals surface area contributed by atoms with Gasteiger partial charge in [-0.25, -0.2) is 9.67 Å². The van der Waals surface area contributed by atoms with Gasteiger partial charge >= 0.3 is 0 Å². The summed E-state index contributed by atoms with van der Waals surface area (Å²) in [6.07, 6.45) is 5.17. The third kappa shape index (κ3) is 2.71. The Bertz CT molecular complexity index is 748. The van der Waals surface area contributed by atoms with Crippen molar-refractivity contribution in [3.8, 4) is 0 Å². The van der Waals surface area contributed by atoms with Gasteiger partial charge in [0.05, 0.1) is 10.4 Å². The molecule has 4 heterocycles. The van der Waals surface area contributed by atoms with E-state index in [9.17, 15) is 4.79 Å². The van der Waals surface area contributed by atoms with E-state index in [4.69, 9.17) is 10.7 Å². The number of carbonyl (C=O) groups is 1. The van der Waals surface area contributed by atoms with Crippen molar-refractivity contribution in [3.63, 3.8) is 0 Å². The number of primary amides is 1. The van der Waals surface area contributed by atoms with Gasteiger partial charge in [0.15, 0.2) is 10.8 Å². The fraction of sp³-hybridized carbons (Fsp3) is 0.706. The normalized spacial score (nSPS) is 21.8. The van der Waals surface area contributed by atoms with Crippen LogP contribution in [0.25, 0.3) is 10.3 Å². The van der Waals surface area contributed by atoms with Gasteiger partial charge < -0.3 is 10.6 Å². The highest BCUT2D eigenvalue weighted by Gasteiger charge is 2.45. The van der Waals surface area contributed by atoms with E-state index in [2.05, 4.69) is 14.9 Å². The largest absolute Gasteiger partial charge is 0.368 e. The van der Waals surface area contributed by atoms with Crippen molar-refractivity contribution < 1.29 is 4.79 Å². The molecule has 0 atom stereocenters. The predicted octanol–water partition coefficient (Wildman–Crippen LogP) is 1.65. The molecule has 2 fully saturated rings. The lowest BCUT2D eigenvalue weighted by atomic mass is 9.83. The molecule has 2 aromatic rings. The number of carbonyl (C=O) groups excluding carboxylic acids is 1. The molecule has 0 aliphatic carbocycles. The molecule has 25 heavy (non-hydrogen) atoms. The topological polar surface area (TPSA) is 80.3 Å². The number of anilines is 1. The Morgan fingerprint density at radius 2 is 1.84 bits per heavy atom. The number of rotatable bonds is 3. The minimum atomic E-state index is -0.467. The number of aromatic nitrogens is 3. The number of likely N-dealkylation sites (tertiary alicyclic amines) is 1. The van der Waals surface area contributed by atoms with E-state index in [0.717, 1.165) is 60.2 Å². The molecule has 1 amide bonds. The molecule has 0 aromatic carbocycles. The van der Waals surface area contributed by atoms with E-state index >= 15 is 0 Å². The third-order valence-electron chi connectivity index (χ3n) is 5.81. The van der Waals surface area contributed by atoms with E-state index < -0.39 is 5.54 Å². The van der Waals surface area contributed by atoms with Crippen molar-refractivity contribution >= 4 is 32.7 Å². The summed E-state index contributed by atoms with van der Waals surface area (Å²) in [6.45, 7) is 5.66. The number of piperidine rings is 2. The zero-order valence-corrected chi connectivity index (χ0v) is 15.8. The van der Waals surface area contributed by atoms with E-state index in [1.807, 2.05) is 18.7 Å². The van der Waals surface area contributed by atoms with Crippen molar-refractivity contribution in [2.24, 2.45) is 12.8 Å². The van der Waals surface area contributed by atoms with Gasteiger partial charge in [0, 0.05) is 20.1 Å². The molecule has 0 bridgehead atoms. The zero-order valence-electron chi connectivity index (χ0n) is 15.0. The molecule has 2 saturated heterocycles. The highest BCUT2D eigenvalue weighted by atomic mass is 32.1. The molecular weight excluding hydrogens is 336 g/mol. The second-order valence-corrected chi connectivity index (χ2v) is 8.27. The number of fused-ring (bicyclic) bond motifs is 1. The van der Waals surface area contributed by atoms with Crippen LogP contribution in [0.1, 0.15) is 37.8 Å². The molecule has 0 radical (unpaired) electrons. The maximum Gasteiger partial charge on any atom is 0.238 e. The predicted molar refractivity (Wildman–Crippen MR) is 99.9 cm³/mol. The Morgan fingerprint density at radius 3 is 2.44 bits per heavy atom. The van der Waals surface area contributed by atoms with Gasteiger partial charge in [0.1, 0.15) is 5.54 Å². The Morgan fingerprint density at radius 1 is 1.16 bits per heavy atom. The summed E-state index contributed by atoms with van der Waals surface area (Å²) >= 11 is 1.70. The van der Waals surface area contributed by atoms with Crippen LogP contribution < -0.4 is 10.6 Å². The van der Waals surface area contributed by atoms with Crippen LogP contribution in [0.4, 0.5) is 5.13 Å². The second kappa shape index (κ2) is 6.25. The van der Waals surface area contributed by atoms with Crippen LogP contribution in [0, 0.1) is 6.92 Å². The van der Waals surface area contributed by atoms with Crippen molar-refractivity contribution in [2.45, 2.75) is 44.6 Å². The van der Waals surface area contributed by atoms with Crippen LogP contribution in [0.3, 0.4) is 0 Å². The number of amides is 1. The highest BCUT2D eigenvalue weighted by molar-refractivity contribution is 7.22. The number of aryl methyl sites for hydroxylation is 2. The van der Waals surface area contributed by atoms with Crippen molar-refractivity contribution in [1.29, 1.82) is 0 Å². The molecule has 4 rings (SSSR count). The van der Waals surface area contributed by atoms with Gasteiger partial charge in [-0.1, -0.05) is 17.8 Å². The van der Waals surface area contributed by atoms with E-state index in [0.29, 0.717) is 0 Å². The maximum absolute atomic E-state index is 12.3. The Hall–Kier alpha value is -1.67. The monoisotopic (exact) mass is 362 g/mol. The molecular formula is C17H26N6OS. The smallest absolute Gasteiger partial charge is 0.238 e. The minimum absolute atomic E-state index is 0.154. The van der Waals surface area contributed by atoms with Gasteiger partial charge in [0.25, 0.3) is 0 Å². The number of hydrogen-bond acceptors (Lipinski definition) is 6. The van der Waals surface area contributed by atoms with Crippen molar-refractivity contribution in [2.75, 3.05) is 31.1 Å². The first-order chi connectivity index (χ1) is 12.0. The average molecular weight is 363 g/mol. The third-order valence-corrected chi connectivity index (χ3v) is 7.03. The average Bonchev–Trinajstić information content (AvgIpc) is 3.17.